The lowest BCUT2D eigenvalue weighted by atomic mass is 10.0. The van der Waals surface area contributed by atoms with Crippen LogP contribution in [-0.4, -0.2) is 29.9 Å². The van der Waals surface area contributed by atoms with Gasteiger partial charge >= 0.3 is 12.2 Å². The molecule has 0 radical (unpaired) electrons. The van der Waals surface area contributed by atoms with E-state index in [2.05, 4.69) is 5.32 Å². The van der Waals surface area contributed by atoms with Gasteiger partial charge in [-0.15, -0.1) is 0 Å². The molecule has 0 heterocycles. The molecule has 0 bridgehead atoms. The fraction of sp³-hybridized carbons (Fsp3) is 0.263. The van der Waals surface area contributed by atoms with Crippen LogP contribution in [-0.2, 0) is 4.74 Å². The maximum absolute atomic E-state index is 11.9. The van der Waals surface area contributed by atoms with Crippen LogP contribution in [0.4, 0.5) is 21.0 Å². The Bertz CT molecular complexity index is 759. The van der Waals surface area contributed by atoms with Gasteiger partial charge in [-0.1, -0.05) is 30.3 Å². The van der Waals surface area contributed by atoms with Crippen LogP contribution in [0.1, 0.15) is 20.8 Å². The number of nitrogens with one attached hydrogen (secondary N) is 1. The minimum absolute atomic E-state index is 0.218. The highest BCUT2D eigenvalue weighted by Gasteiger charge is 2.14. The standard InChI is InChI=1S/C19H22N2O4/c1-4-21(19(23)24)15-9-7-8-14(12-15)16-10-5-6-11-17(16)20-18(22)25-13(2)3/h5-13H,4H2,1-3H3,(H,20,22)(H,23,24). The Kier molecular flexibility index (Phi) is 6.00. The summed E-state index contributed by atoms with van der Waals surface area (Å²) in [4.78, 5) is 24.5. The number of ether oxygens (including phenoxy) is 1. The number of hydrogen-bond donors (Lipinski definition) is 2. The first-order valence-electron chi connectivity index (χ1n) is 8.10. The molecule has 0 fully saturated rings. The first-order valence-corrected chi connectivity index (χ1v) is 8.10. The summed E-state index contributed by atoms with van der Waals surface area (Å²) < 4.78 is 5.12. The fourth-order valence-electron chi connectivity index (χ4n) is 2.47. The minimum Gasteiger partial charge on any atom is -0.465 e. The lowest BCUT2D eigenvalue weighted by Crippen LogP contribution is -2.28. The van der Waals surface area contributed by atoms with E-state index in [0.717, 1.165) is 11.1 Å². The van der Waals surface area contributed by atoms with E-state index < -0.39 is 12.2 Å². The van der Waals surface area contributed by atoms with E-state index in [1.54, 1.807) is 45.0 Å². The Balaban J connectivity index is 2.36. The second kappa shape index (κ2) is 8.19. The first kappa shape index (κ1) is 18.3. The molecule has 0 atom stereocenters. The Hall–Kier alpha value is -3.02. The maximum Gasteiger partial charge on any atom is 0.411 e. The number of rotatable bonds is 5. The van der Waals surface area contributed by atoms with Crippen molar-refractivity contribution in [1.82, 2.24) is 0 Å². The highest BCUT2D eigenvalue weighted by molar-refractivity contribution is 5.93. The van der Waals surface area contributed by atoms with E-state index in [4.69, 9.17) is 4.74 Å². The second-order valence-electron chi connectivity index (χ2n) is 5.70. The van der Waals surface area contributed by atoms with E-state index in [9.17, 15) is 14.7 Å². The van der Waals surface area contributed by atoms with Gasteiger partial charge in [0.15, 0.2) is 0 Å². The van der Waals surface area contributed by atoms with Gasteiger partial charge in [0.2, 0.25) is 0 Å². The van der Waals surface area contributed by atoms with Gasteiger partial charge in [0, 0.05) is 17.8 Å². The average Bonchev–Trinajstić information content (AvgIpc) is 2.55. The smallest absolute Gasteiger partial charge is 0.411 e. The summed E-state index contributed by atoms with van der Waals surface area (Å²) in [6.45, 7) is 5.68. The van der Waals surface area contributed by atoms with Gasteiger partial charge in [-0.05, 0) is 44.5 Å². The molecule has 0 saturated heterocycles. The van der Waals surface area contributed by atoms with Crippen molar-refractivity contribution in [3.05, 3.63) is 48.5 Å². The van der Waals surface area contributed by atoms with Crippen LogP contribution < -0.4 is 10.2 Å². The van der Waals surface area contributed by atoms with Crippen LogP contribution in [0.2, 0.25) is 0 Å². The number of hydrogen-bond acceptors (Lipinski definition) is 3. The van der Waals surface area contributed by atoms with Crippen molar-refractivity contribution >= 4 is 23.6 Å². The molecule has 0 spiro atoms. The van der Waals surface area contributed by atoms with Gasteiger partial charge in [-0.3, -0.25) is 10.2 Å². The third-order valence-corrected chi connectivity index (χ3v) is 3.52. The summed E-state index contributed by atoms with van der Waals surface area (Å²) in [6.07, 6.45) is -1.75. The highest BCUT2D eigenvalue weighted by atomic mass is 16.6. The molecule has 25 heavy (non-hydrogen) atoms. The molecule has 0 saturated carbocycles. The molecule has 0 aliphatic carbocycles. The highest BCUT2D eigenvalue weighted by Crippen LogP contribution is 2.30. The number of carbonyl (C=O) groups excluding carboxylic acids is 1. The number of benzene rings is 2. The van der Waals surface area contributed by atoms with E-state index in [1.807, 2.05) is 24.3 Å². The molecule has 2 N–H and O–H groups in total. The molecule has 6 nitrogen and oxygen atoms in total. The van der Waals surface area contributed by atoms with Gasteiger partial charge < -0.3 is 9.84 Å². The van der Waals surface area contributed by atoms with E-state index in [0.29, 0.717) is 17.9 Å². The summed E-state index contributed by atoms with van der Waals surface area (Å²) in [5.41, 5.74) is 2.76. The fourth-order valence-corrected chi connectivity index (χ4v) is 2.47. The number of carboxylic acid groups (broad SMARTS) is 1. The molecule has 6 heteroatoms. The van der Waals surface area contributed by atoms with Crippen LogP contribution in [0.3, 0.4) is 0 Å². The van der Waals surface area contributed by atoms with Crippen LogP contribution in [0, 0.1) is 0 Å². The number of amides is 2. The zero-order valence-electron chi connectivity index (χ0n) is 14.5. The summed E-state index contributed by atoms with van der Waals surface area (Å²) in [6, 6.07) is 14.5. The number of para-hydroxylation sites is 1. The molecule has 0 unspecified atom stereocenters. The molecule has 0 aliphatic heterocycles. The second-order valence-corrected chi connectivity index (χ2v) is 5.70. The molecule has 2 amide bonds. The third-order valence-electron chi connectivity index (χ3n) is 3.52. The van der Waals surface area contributed by atoms with Crippen molar-refractivity contribution < 1.29 is 19.4 Å². The van der Waals surface area contributed by atoms with Crippen molar-refractivity contribution in [2.24, 2.45) is 0 Å². The van der Waals surface area contributed by atoms with Crippen LogP contribution in [0.15, 0.2) is 48.5 Å². The summed E-state index contributed by atoms with van der Waals surface area (Å²) in [5, 5.41) is 12.0. The van der Waals surface area contributed by atoms with E-state index >= 15 is 0 Å². The lowest BCUT2D eigenvalue weighted by molar-refractivity contribution is 0.130. The van der Waals surface area contributed by atoms with Crippen molar-refractivity contribution in [1.29, 1.82) is 0 Å². The zero-order chi connectivity index (χ0) is 18.4. The zero-order valence-corrected chi connectivity index (χ0v) is 14.5. The Morgan fingerprint density at radius 3 is 2.52 bits per heavy atom. The summed E-state index contributed by atoms with van der Waals surface area (Å²) >= 11 is 0. The first-order chi connectivity index (χ1) is 11.9. The normalized spacial score (nSPS) is 10.4. The van der Waals surface area contributed by atoms with Gasteiger partial charge in [-0.2, -0.15) is 0 Å². The molecule has 2 aromatic carbocycles. The van der Waals surface area contributed by atoms with Crippen molar-refractivity contribution in [2.45, 2.75) is 26.9 Å². The van der Waals surface area contributed by atoms with E-state index in [-0.39, 0.29) is 6.10 Å². The topological polar surface area (TPSA) is 78.9 Å². The van der Waals surface area contributed by atoms with Crippen molar-refractivity contribution in [3.8, 4) is 11.1 Å². The van der Waals surface area contributed by atoms with Crippen LogP contribution in [0.5, 0.6) is 0 Å². The Morgan fingerprint density at radius 1 is 1.16 bits per heavy atom. The number of anilines is 2. The summed E-state index contributed by atoms with van der Waals surface area (Å²) in [5.74, 6) is 0. The van der Waals surface area contributed by atoms with Gasteiger partial charge in [0.1, 0.15) is 0 Å². The average molecular weight is 342 g/mol. The molecular formula is C19H22N2O4. The largest absolute Gasteiger partial charge is 0.465 e. The Labute approximate surface area is 147 Å². The lowest BCUT2D eigenvalue weighted by Gasteiger charge is -2.18. The Morgan fingerprint density at radius 2 is 1.88 bits per heavy atom. The van der Waals surface area contributed by atoms with Crippen molar-refractivity contribution in [2.75, 3.05) is 16.8 Å². The molecule has 132 valence electrons. The molecule has 2 aromatic rings. The molecule has 0 aromatic heterocycles. The van der Waals surface area contributed by atoms with Crippen LogP contribution >= 0.6 is 0 Å². The SMILES string of the molecule is CCN(C(=O)O)c1cccc(-c2ccccc2NC(=O)OC(C)C)c1. The number of nitrogens with zero attached hydrogens (tertiary/aromatic N) is 1. The predicted molar refractivity (Wildman–Crippen MR) is 98.2 cm³/mol. The number of carbonyl (C=O) groups is 2. The predicted octanol–water partition coefficient (Wildman–Crippen LogP) is 4.81. The third kappa shape index (κ3) is 4.73. The molecule has 2 rings (SSSR count). The monoisotopic (exact) mass is 342 g/mol. The van der Waals surface area contributed by atoms with Gasteiger partial charge in [-0.25, -0.2) is 9.59 Å². The van der Waals surface area contributed by atoms with E-state index in [1.165, 1.54) is 4.90 Å². The molecular weight excluding hydrogens is 320 g/mol. The summed E-state index contributed by atoms with van der Waals surface area (Å²) in [7, 11) is 0. The maximum atomic E-state index is 11.9. The minimum atomic E-state index is -1.01. The van der Waals surface area contributed by atoms with Gasteiger partial charge in [0.25, 0.3) is 0 Å². The molecule has 0 aliphatic rings. The van der Waals surface area contributed by atoms with Crippen LogP contribution in [0.25, 0.3) is 11.1 Å². The van der Waals surface area contributed by atoms with Gasteiger partial charge in [0.05, 0.1) is 11.8 Å². The quantitative estimate of drug-likeness (QED) is 0.817. The van der Waals surface area contributed by atoms with Crippen molar-refractivity contribution in [3.63, 3.8) is 0 Å².